The van der Waals surface area contributed by atoms with Crippen molar-refractivity contribution in [2.45, 2.75) is 19.3 Å². The number of hydrogen-bond donors (Lipinski definition) is 3. The fourth-order valence-electron chi connectivity index (χ4n) is 2.50. The number of aliphatic hydroxyl groups is 1. The van der Waals surface area contributed by atoms with E-state index >= 15 is 0 Å². The monoisotopic (exact) mass is 329 g/mol. The van der Waals surface area contributed by atoms with E-state index in [9.17, 15) is 14.7 Å². The maximum Gasteiger partial charge on any atom is 0.319 e. The Hall–Kier alpha value is -2.60. The summed E-state index contributed by atoms with van der Waals surface area (Å²) in [5.41, 5.74) is 2.26. The number of urea groups is 1. The Labute approximate surface area is 141 Å². The lowest BCUT2D eigenvalue weighted by Crippen LogP contribution is -2.33. The quantitative estimate of drug-likeness (QED) is 0.758. The minimum absolute atomic E-state index is 0.0446. The Morgan fingerprint density at radius 1 is 1.29 bits per heavy atom. The predicted molar refractivity (Wildman–Crippen MR) is 94.3 cm³/mol. The van der Waals surface area contributed by atoms with Crippen LogP contribution < -0.4 is 16.2 Å². The second kappa shape index (κ2) is 8.31. The third-order valence-electron chi connectivity index (χ3n) is 3.94. The zero-order chi connectivity index (χ0) is 17.5. The number of hydrogen-bond acceptors (Lipinski definition) is 3. The Morgan fingerprint density at radius 3 is 2.67 bits per heavy atom. The molecule has 0 fully saturated rings. The van der Waals surface area contributed by atoms with E-state index in [0.717, 1.165) is 5.56 Å². The summed E-state index contributed by atoms with van der Waals surface area (Å²) < 4.78 is 1.42. The first-order valence-electron chi connectivity index (χ1n) is 7.89. The number of rotatable bonds is 6. The highest BCUT2D eigenvalue weighted by Crippen LogP contribution is 2.18. The fraction of sp³-hybridized carbons (Fsp3) is 0.333. The van der Waals surface area contributed by atoms with Crippen LogP contribution in [0, 0.1) is 6.92 Å². The molecule has 1 heterocycles. The number of carbonyl (C=O) groups excluding carboxylic acids is 1. The van der Waals surface area contributed by atoms with Crippen molar-refractivity contribution in [1.29, 1.82) is 0 Å². The molecule has 3 N–H and O–H groups in total. The van der Waals surface area contributed by atoms with Crippen LogP contribution >= 0.6 is 0 Å². The standard InChI is InChI=1S/C18H23N3O3/c1-13-10-17(23)21(2)12-16(13)20-18(24)19-11-15(8-9-22)14-6-4-3-5-7-14/h3-7,10,12,15,22H,8-9,11H2,1-2H3,(H2,19,20,24). The molecule has 24 heavy (non-hydrogen) atoms. The molecule has 1 atom stereocenters. The van der Waals surface area contributed by atoms with Crippen LogP contribution in [0.3, 0.4) is 0 Å². The van der Waals surface area contributed by atoms with Crippen LogP contribution in [-0.2, 0) is 7.05 Å². The third-order valence-corrected chi connectivity index (χ3v) is 3.94. The summed E-state index contributed by atoms with van der Waals surface area (Å²) in [6.45, 7) is 2.25. The van der Waals surface area contributed by atoms with Crippen molar-refractivity contribution in [3.8, 4) is 0 Å². The number of benzene rings is 1. The number of aliphatic hydroxyl groups excluding tert-OH is 1. The summed E-state index contributed by atoms with van der Waals surface area (Å²) in [4.78, 5) is 23.7. The van der Waals surface area contributed by atoms with Crippen LogP contribution in [-0.4, -0.2) is 28.9 Å². The topological polar surface area (TPSA) is 83.4 Å². The molecule has 6 heteroatoms. The van der Waals surface area contributed by atoms with Crippen LogP contribution in [0.2, 0.25) is 0 Å². The van der Waals surface area contributed by atoms with Gasteiger partial charge in [0.1, 0.15) is 0 Å². The number of pyridine rings is 1. The molecule has 128 valence electrons. The molecule has 2 rings (SSSR count). The van der Waals surface area contributed by atoms with Gasteiger partial charge in [0.25, 0.3) is 5.56 Å². The van der Waals surface area contributed by atoms with Gasteiger partial charge in [0.2, 0.25) is 0 Å². The Morgan fingerprint density at radius 2 is 2.00 bits per heavy atom. The molecule has 1 unspecified atom stereocenters. The van der Waals surface area contributed by atoms with Gasteiger partial charge in [-0.3, -0.25) is 4.79 Å². The molecule has 0 aliphatic heterocycles. The number of nitrogens with zero attached hydrogens (tertiary/aromatic N) is 1. The summed E-state index contributed by atoms with van der Waals surface area (Å²) in [5, 5.41) is 14.8. The van der Waals surface area contributed by atoms with Crippen LogP contribution in [0.25, 0.3) is 0 Å². The van der Waals surface area contributed by atoms with E-state index in [4.69, 9.17) is 0 Å². The van der Waals surface area contributed by atoms with Crippen molar-refractivity contribution in [3.05, 3.63) is 64.1 Å². The molecule has 1 aromatic heterocycles. The Balaban J connectivity index is 1.99. The molecule has 0 aliphatic carbocycles. The molecule has 0 radical (unpaired) electrons. The van der Waals surface area contributed by atoms with E-state index < -0.39 is 0 Å². The molecule has 0 aliphatic rings. The average Bonchev–Trinajstić information content (AvgIpc) is 2.57. The first-order chi connectivity index (χ1) is 11.5. The summed E-state index contributed by atoms with van der Waals surface area (Å²) in [5.74, 6) is 0.0446. The molecule has 0 bridgehead atoms. The first kappa shape index (κ1) is 17.7. The summed E-state index contributed by atoms with van der Waals surface area (Å²) in [6, 6.07) is 10.9. The SMILES string of the molecule is Cc1cc(=O)n(C)cc1NC(=O)NCC(CCO)c1ccccc1. The van der Waals surface area contributed by atoms with Crippen LogP contribution in [0.1, 0.15) is 23.5 Å². The van der Waals surface area contributed by atoms with Crippen LogP contribution in [0.5, 0.6) is 0 Å². The molecule has 1 aromatic carbocycles. The smallest absolute Gasteiger partial charge is 0.319 e. The first-order valence-corrected chi connectivity index (χ1v) is 7.89. The van der Waals surface area contributed by atoms with Gasteiger partial charge in [0, 0.05) is 38.4 Å². The van der Waals surface area contributed by atoms with Crippen molar-refractivity contribution >= 4 is 11.7 Å². The lowest BCUT2D eigenvalue weighted by molar-refractivity contribution is 0.248. The number of aryl methyl sites for hydroxylation is 2. The van der Waals surface area contributed by atoms with Gasteiger partial charge in [-0.25, -0.2) is 4.79 Å². The number of nitrogens with one attached hydrogen (secondary N) is 2. The van der Waals surface area contributed by atoms with Gasteiger partial charge in [-0.2, -0.15) is 0 Å². The highest BCUT2D eigenvalue weighted by atomic mass is 16.3. The van der Waals surface area contributed by atoms with E-state index in [-0.39, 0.29) is 24.1 Å². The summed E-state index contributed by atoms with van der Waals surface area (Å²) >= 11 is 0. The van der Waals surface area contributed by atoms with Gasteiger partial charge in [-0.15, -0.1) is 0 Å². The lowest BCUT2D eigenvalue weighted by Gasteiger charge is -2.18. The molecule has 0 spiro atoms. The molecule has 6 nitrogen and oxygen atoms in total. The van der Waals surface area contributed by atoms with Gasteiger partial charge >= 0.3 is 6.03 Å². The second-order valence-corrected chi connectivity index (χ2v) is 5.77. The van der Waals surface area contributed by atoms with Gasteiger partial charge in [-0.05, 0) is 24.5 Å². The minimum Gasteiger partial charge on any atom is -0.396 e. The number of anilines is 1. The lowest BCUT2D eigenvalue weighted by atomic mass is 9.96. The Bertz CT molecular complexity index is 741. The van der Waals surface area contributed by atoms with E-state index in [1.807, 2.05) is 30.3 Å². The number of amides is 2. The van der Waals surface area contributed by atoms with Gasteiger partial charge in [0.05, 0.1) is 5.69 Å². The normalized spacial score (nSPS) is 11.8. The largest absolute Gasteiger partial charge is 0.396 e. The molecular formula is C18H23N3O3. The zero-order valence-electron chi connectivity index (χ0n) is 14.0. The van der Waals surface area contributed by atoms with Crippen LogP contribution in [0.4, 0.5) is 10.5 Å². The van der Waals surface area contributed by atoms with Crippen molar-refractivity contribution in [2.75, 3.05) is 18.5 Å². The van der Waals surface area contributed by atoms with Gasteiger partial charge < -0.3 is 20.3 Å². The minimum atomic E-state index is -0.337. The van der Waals surface area contributed by atoms with Gasteiger partial charge in [0.15, 0.2) is 0 Å². The highest BCUT2D eigenvalue weighted by Gasteiger charge is 2.13. The summed E-state index contributed by atoms with van der Waals surface area (Å²) in [7, 11) is 1.64. The average molecular weight is 329 g/mol. The van der Waals surface area contributed by atoms with E-state index in [1.54, 1.807) is 20.2 Å². The second-order valence-electron chi connectivity index (χ2n) is 5.77. The molecule has 2 aromatic rings. The Kier molecular flexibility index (Phi) is 6.14. The molecule has 2 amide bonds. The van der Waals surface area contributed by atoms with Crippen molar-refractivity contribution in [3.63, 3.8) is 0 Å². The predicted octanol–water partition coefficient (Wildman–Crippen LogP) is 1.98. The van der Waals surface area contributed by atoms with Crippen LogP contribution in [0.15, 0.2) is 47.4 Å². The fourth-order valence-corrected chi connectivity index (χ4v) is 2.50. The maximum atomic E-state index is 12.1. The number of carbonyl (C=O) groups is 1. The highest BCUT2D eigenvalue weighted by molar-refractivity contribution is 5.89. The van der Waals surface area contributed by atoms with E-state index in [1.165, 1.54) is 10.6 Å². The molecular weight excluding hydrogens is 306 g/mol. The van der Waals surface area contributed by atoms with E-state index in [0.29, 0.717) is 24.2 Å². The maximum absolute atomic E-state index is 12.1. The molecule has 0 saturated carbocycles. The molecule has 0 saturated heterocycles. The van der Waals surface area contributed by atoms with Crippen molar-refractivity contribution in [2.24, 2.45) is 7.05 Å². The van der Waals surface area contributed by atoms with E-state index in [2.05, 4.69) is 10.6 Å². The zero-order valence-corrected chi connectivity index (χ0v) is 14.0. The van der Waals surface area contributed by atoms with Gasteiger partial charge in [-0.1, -0.05) is 30.3 Å². The summed E-state index contributed by atoms with van der Waals surface area (Å²) in [6.07, 6.45) is 2.17. The number of aromatic nitrogens is 1. The third kappa shape index (κ3) is 4.70. The van der Waals surface area contributed by atoms with Crippen molar-refractivity contribution in [1.82, 2.24) is 9.88 Å². The van der Waals surface area contributed by atoms with Crippen molar-refractivity contribution < 1.29 is 9.90 Å².